The monoisotopic (exact) mass is 261 g/mol. The van der Waals surface area contributed by atoms with Gasteiger partial charge in [0, 0.05) is 6.42 Å². The van der Waals surface area contributed by atoms with E-state index in [9.17, 15) is 0 Å². The maximum Gasteiger partial charge on any atom is 0.0161 e. The fourth-order valence-corrected chi connectivity index (χ4v) is 2.79. The van der Waals surface area contributed by atoms with Crippen LogP contribution in [-0.2, 0) is 5.41 Å². The van der Waals surface area contributed by atoms with Crippen molar-refractivity contribution in [2.24, 2.45) is 0 Å². The van der Waals surface area contributed by atoms with Gasteiger partial charge in [0.1, 0.15) is 0 Å². The third kappa shape index (κ3) is 2.31. The molecular formula is C20H21. The molecule has 0 amide bonds. The lowest BCUT2D eigenvalue weighted by Gasteiger charge is -2.19. The highest BCUT2D eigenvalue weighted by Crippen LogP contribution is 2.35. The van der Waals surface area contributed by atoms with Crippen LogP contribution in [0.15, 0.2) is 48.0 Å². The third-order valence-electron chi connectivity index (χ3n) is 3.96. The van der Waals surface area contributed by atoms with Crippen molar-refractivity contribution in [3.05, 3.63) is 71.1 Å². The van der Waals surface area contributed by atoms with Crippen LogP contribution in [0.4, 0.5) is 0 Å². The second-order valence-corrected chi connectivity index (χ2v) is 6.67. The Hall–Kier alpha value is -1.82. The lowest BCUT2D eigenvalue weighted by Crippen LogP contribution is -2.10. The maximum atomic E-state index is 2.28. The van der Waals surface area contributed by atoms with E-state index in [1.165, 1.54) is 33.4 Å². The van der Waals surface area contributed by atoms with Gasteiger partial charge in [-0.1, -0.05) is 74.9 Å². The molecule has 0 spiro atoms. The van der Waals surface area contributed by atoms with Crippen molar-refractivity contribution in [1.82, 2.24) is 0 Å². The Bertz CT molecular complexity index is 664. The topological polar surface area (TPSA) is 0 Å². The highest BCUT2D eigenvalue weighted by Gasteiger charge is 2.16. The average molecular weight is 261 g/mol. The molecule has 0 saturated carbocycles. The highest BCUT2D eigenvalue weighted by molar-refractivity contribution is 5.83. The van der Waals surface area contributed by atoms with Gasteiger partial charge in [-0.05, 0) is 40.2 Å². The van der Waals surface area contributed by atoms with Gasteiger partial charge < -0.3 is 0 Å². The number of fused-ring (bicyclic) bond motifs is 1. The Labute approximate surface area is 122 Å². The summed E-state index contributed by atoms with van der Waals surface area (Å²) in [5.41, 5.74) is 8.24. The lowest BCUT2D eigenvalue weighted by molar-refractivity contribution is 0.590. The summed E-state index contributed by atoms with van der Waals surface area (Å²) >= 11 is 0. The van der Waals surface area contributed by atoms with E-state index in [-0.39, 0.29) is 5.41 Å². The predicted octanol–water partition coefficient (Wildman–Crippen LogP) is 5.62. The normalized spacial score (nSPS) is 14.1. The zero-order chi connectivity index (χ0) is 14.3. The van der Waals surface area contributed by atoms with Crippen LogP contribution < -0.4 is 0 Å². The number of rotatable bonds is 1. The summed E-state index contributed by atoms with van der Waals surface area (Å²) in [6, 6.07) is 15.6. The molecule has 0 unspecified atom stereocenters. The molecule has 0 aliphatic heterocycles. The van der Waals surface area contributed by atoms with Crippen molar-refractivity contribution in [3.63, 3.8) is 0 Å². The highest BCUT2D eigenvalue weighted by atomic mass is 14.2. The largest absolute Gasteiger partial charge is 0.0642 e. The van der Waals surface area contributed by atoms with Crippen molar-refractivity contribution >= 4 is 6.08 Å². The Morgan fingerprint density at radius 2 is 1.55 bits per heavy atom. The first-order chi connectivity index (χ1) is 9.45. The van der Waals surface area contributed by atoms with E-state index in [1.807, 2.05) is 0 Å². The lowest BCUT2D eigenvalue weighted by atomic mass is 9.86. The van der Waals surface area contributed by atoms with E-state index < -0.39 is 0 Å². The average Bonchev–Trinajstić information content (AvgIpc) is 2.78. The van der Waals surface area contributed by atoms with Gasteiger partial charge in [0.25, 0.3) is 0 Å². The molecule has 0 bridgehead atoms. The minimum atomic E-state index is 0.210. The van der Waals surface area contributed by atoms with E-state index in [0.29, 0.717) is 0 Å². The Kier molecular flexibility index (Phi) is 3.05. The molecule has 0 atom stereocenters. The number of benzene rings is 2. The fraction of sp³-hybridized carbons (Fsp3) is 0.250. The summed E-state index contributed by atoms with van der Waals surface area (Å²) in [7, 11) is 0. The van der Waals surface area contributed by atoms with E-state index >= 15 is 0 Å². The zero-order valence-corrected chi connectivity index (χ0v) is 12.7. The molecule has 1 aliphatic carbocycles. The molecule has 0 nitrogen and oxygen atoms in total. The van der Waals surface area contributed by atoms with Crippen molar-refractivity contribution < 1.29 is 0 Å². The standard InChI is InChI=1S/C20H21/c1-14-12-16-6-5-7-18(19(16)13-14)15-8-10-17(11-9-15)20(2,3)4/h5-13H,1-4H3. The molecule has 2 aromatic carbocycles. The molecule has 101 valence electrons. The first-order valence-electron chi connectivity index (χ1n) is 7.22. The van der Waals surface area contributed by atoms with Crippen LogP contribution in [0, 0.1) is 6.42 Å². The summed E-state index contributed by atoms with van der Waals surface area (Å²) in [6.07, 6.45) is 4.53. The van der Waals surface area contributed by atoms with Crippen molar-refractivity contribution in [1.29, 1.82) is 0 Å². The maximum absolute atomic E-state index is 2.28. The summed E-state index contributed by atoms with van der Waals surface area (Å²) < 4.78 is 0. The molecule has 2 aromatic rings. The zero-order valence-electron chi connectivity index (χ0n) is 12.7. The van der Waals surface area contributed by atoms with E-state index in [4.69, 9.17) is 0 Å². The fourth-order valence-electron chi connectivity index (χ4n) is 2.79. The van der Waals surface area contributed by atoms with Crippen molar-refractivity contribution in [3.8, 4) is 11.1 Å². The van der Waals surface area contributed by atoms with E-state index in [2.05, 4.69) is 82.7 Å². The second kappa shape index (κ2) is 4.63. The number of allylic oxidation sites excluding steroid dienone is 1. The van der Waals surface area contributed by atoms with Gasteiger partial charge in [-0.25, -0.2) is 0 Å². The van der Waals surface area contributed by atoms with Crippen LogP contribution in [0.3, 0.4) is 0 Å². The minimum Gasteiger partial charge on any atom is -0.0642 e. The van der Waals surface area contributed by atoms with Crippen LogP contribution in [-0.4, -0.2) is 0 Å². The second-order valence-electron chi connectivity index (χ2n) is 6.67. The van der Waals surface area contributed by atoms with Gasteiger partial charge in [0.2, 0.25) is 0 Å². The molecule has 3 rings (SSSR count). The van der Waals surface area contributed by atoms with Gasteiger partial charge in [-0.3, -0.25) is 0 Å². The first-order valence-corrected chi connectivity index (χ1v) is 7.22. The van der Waals surface area contributed by atoms with Crippen LogP contribution in [0.25, 0.3) is 17.2 Å². The summed E-state index contributed by atoms with van der Waals surface area (Å²) in [5.74, 6) is 0. The van der Waals surface area contributed by atoms with Crippen LogP contribution >= 0.6 is 0 Å². The first kappa shape index (κ1) is 13.2. The SMILES string of the molecule is CC1=Cc2c(cccc2-c2ccc(C(C)(C)C)cc2)[CH]1. The van der Waals surface area contributed by atoms with Crippen molar-refractivity contribution in [2.45, 2.75) is 33.1 Å². The summed E-state index contributed by atoms with van der Waals surface area (Å²) in [6.45, 7) is 8.92. The molecule has 1 radical (unpaired) electrons. The molecule has 0 fully saturated rings. The molecule has 0 N–H and O–H groups in total. The van der Waals surface area contributed by atoms with Gasteiger partial charge in [0.05, 0.1) is 0 Å². The molecule has 20 heavy (non-hydrogen) atoms. The smallest absolute Gasteiger partial charge is 0.0161 e. The number of hydrogen-bond donors (Lipinski definition) is 0. The van der Waals surface area contributed by atoms with Crippen LogP contribution in [0.2, 0.25) is 0 Å². The molecule has 0 saturated heterocycles. The van der Waals surface area contributed by atoms with Gasteiger partial charge in [0.15, 0.2) is 0 Å². The molecular weight excluding hydrogens is 240 g/mol. The summed E-state index contributed by atoms with van der Waals surface area (Å²) in [5, 5.41) is 0. The van der Waals surface area contributed by atoms with Crippen LogP contribution in [0.5, 0.6) is 0 Å². The van der Waals surface area contributed by atoms with Gasteiger partial charge in [-0.2, -0.15) is 0 Å². The van der Waals surface area contributed by atoms with E-state index in [1.54, 1.807) is 0 Å². The molecule has 1 aliphatic rings. The Balaban J connectivity index is 2.05. The molecule has 0 heteroatoms. The number of hydrogen-bond acceptors (Lipinski definition) is 0. The van der Waals surface area contributed by atoms with Crippen LogP contribution in [0.1, 0.15) is 44.4 Å². The van der Waals surface area contributed by atoms with Gasteiger partial charge >= 0.3 is 0 Å². The predicted molar refractivity (Wildman–Crippen MR) is 87.6 cm³/mol. The Morgan fingerprint density at radius 3 is 2.20 bits per heavy atom. The van der Waals surface area contributed by atoms with E-state index in [0.717, 1.165) is 0 Å². The van der Waals surface area contributed by atoms with Gasteiger partial charge in [-0.15, -0.1) is 0 Å². The summed E-state index contributed by atoms with van der Waals surface area (Å²) in [4.78, 5) is 0. The van der Waals surface area contributed by atoms with Crippen molar-refractivity contribution in [2.75, 3.05) is 0 Å². The molecule has 0 aromatic heterocycles. The quantitative estimate of drug-likeness (QED) is 0.625. The minimum absolute atomic E-state index is 0.210. The Morgan fingerprint density at radius 1 is 0.850 bits per heavy atom. The third-order valence-corrected chi connectivity index (χ3v) is 3.96. The molecule has 0 heterocycles.